The molecule has 5 heteroatoms. The van der Waals surface area contributed by atoms with Crippen LogP contribution in [-0.4, -0.2) is 40.1 Å². The number of fused-ring (bicyclic) bond motifs is 1. The Morgan fingerprint density at radius 2 is 2.00 bits per heavy atom. The predicted molar refractivity (Wildman–Crippen MR) is 49.9 cm³/mol. The van der Waals surface area contributed by atoms with Gasteiger partial charge in [0.2, 0.25) is 11.6 Å². The van der Waals surface area contributed by atoms with Crippen LogP contribution in [0.1, 0.15) is 6.42 Å². The number of rotatable bonds is 1. The summed E-state index contributed by atoms with van der Waals surface area (Å²) in [5.41, 5.74) is 0.997. The van der Waals surface area contributed by atoms with E-state index < -0.39 is 11.6 Å². The molecule has 0 saturated carbocycles. The van der Waals surface area contributed by atoms with Gasteiger partial charge in [0.25, 0.3) is 0 Å². The van der Waals surface area contributed by atoms with Crippen molar-refractivity contribution in [1.29, 1.82) is 0 Å². The average Bonchev–Trinajstić information content (AvgIpc) is 2.21. The highest BCUT2D eigenvalue weighted by Gasteiger charge is 2.30. The maximum atomic E-state index is 11.1. The molecule has 2 aliphatic rings. The molecule has 1 fully saturated rings. The third-order valence-corrected chi connectivity index (χ3v) is 2.62. The van der Waals surface area contributed by atoms with E-state index in [-0.39, 0.29) is 19.1 Å². The van der Waals surface area contributed by atoms with Crippen molar-refractivity contribution in [1.82, 2.24) is 5.06 Å². The molecule has 5 nitrogen and oxygen atoms in total. The van der Waals surface area contributed by atoms with Crippen molar-refractivity contribution in [2.45, 2.75) is 6.42 Å². The Labute approximate surface area is 86.3 Å². The Morgan fingerprint density at radius 1 is 1.33 bits per heavy atom. The first-order chi connectivity index (χ1) is 7.11. The van der Waals surface area contributed by atoms with Crippen molar-refractivity contribution in [3.8, 4) is 0 Å². The molecule has 80 valence electrons. The molecule has 15 heavy (non-hydrogen) atoms. The molecule has 1 heterocycles. The lowest BCUT2D eigenvalue weighted by Gasteiger charge is -2.33. The second kappa shape index (κ2) is 3.60. The first-order valence-corrected chi connectivity index (χ1v) is 4.70. The molecule has 0 aromatic carbocycles. The van der Waals surface area contributed by atoms with Gasteiger partial charge < -0.3 is 5.11 Å². The number of hydroxylamine groups is 2. The summed E-state index contributed by atoms with van der Waals surface area (Å²) >= 11 is 0. The number of carbonyl (C=O) groups is 2. The first kappa shape index (κ1) is 10.1. The van der Waals surface area contributed by atoms with E-state index >= 15 is 0 Å². The van der Waals surface area contributed by atoms with E-state index in [2.05, 4.69) is 0 Å². The summed E-state index contributed by atoms with van der Waals surface area (Å²) in [6.45, 7) is 0.227. The summed E-state index contributed by atoms with van der Waals surface area (Å²) in [6, 6.07) is 0. The molecule has 2 rings (SSSR count). The summed E-state index contributed by atoms with van der Waals surface area (Å²) in [7, 11) is 0. The molecule has 0 amide bonds. The van der Waals surface area contributed by atoms with E-state index in [0.717, 1.165) is 11.1 Å². The van der Waals surface area contributed by atoms with Crippen LogP contribution in [0.5, 0.6) is 0 Å². The maximum absolute atomic E-state index is 11.1. The number of allylic oxidation sites excluding steroid dienone is 3. The van der Waals surface area contributed by atoms with Crippen molar-refractivity contribution < 1.29 is 19.9 Å². The van der Waals surface area contributed by atoms with Gasteiger partial charge in [0.1, 0.15) is 0 Å². The summed E-state index contributed by atoms with van der Waals surface area (Å²) in [6.07, 6.45) is 2.90. The van der Waals surface area contributed by atoms with Gasteiger partial charge in [-0.3, -0.25) is 19.9 Å². The normalized spacial score (nSPS) is 26.0. The number of piperidine rings is 1. The minimum Gasteiger partial charge on any atom is -0.396 e. The van der Waals surface area contributed by atoms with Gasteiger partial charge in [0.15, 0.2) is 0 Å². The number of ketones is 2. The molecule has 1 atom stereocenters. The number of hydrogen-bond acceptors (Lipinski definition) is 5. The number of hydrogen-bond donors (Lipinski definition) is 2. The van der Waals surface area contributed by atoms with Crippen molar-refractivity contribution >= 4 is 11.6 Å². The first-order valence-electron chi connectivity index (χ1n) is 4.70. The smallest absolute Gasteiger partial charge is 0.227 e. The lowest BCUT2D eigenvalue weighted by molar-refractivity contribution is -0.132. The highest BCUT2D eigenvalue weighted by Crippen LogP contribution is 2.30. The second-order valence-electron chi connectivity index (χ2n) is 3.76. The Hall–Kier alpha value is -1.46. The summed E-state index contributed by atoms with van der Waals surface area (Å²) in [5, 5.41) is 19.5. The summed E-state index contributed by atoms with van der Waals surface area (Å²) in [5.74, 6) is -1.28. The second-order valence-corrected chi connectivity index (χ2v) is 3.76. The highest BCUT2D eigenvalue weighted by atomic mass is 16.5. The molecular formula is C10H11NO4. The van der Waals surface area contributed by atoms with Crippen molar-refractivity contribution in [3.05, 3.63) is 23.4 Å². The van der Waals surface area contributed by atoms with Gasteiger partial charge in [0.05, 0.1) is 12.2 Å². The van der Waals surface area contributed by atoms with E-state index in [1.807, 2.05) is 0 Å². The largest absolute Gasteiger partial charge is 0.396 e. The Kier molecular flexibility index (Phi) is 2.42. The zero-order valence-electron chi connectivity index (χ0n) is 8.01. The molecule has 1 aliphatic heterocycles. The molecule has 1 saturated heterocycles. The molecule has 0 aromatic heterocycles. The van der Waals surface area contributed by atoms with Gasteiger partial charge in [-0.05, 0) is 18.1 Å². The van der Waals surface area contributed by atoms with E-state index in [1.165, 1.54) is 6.08 Å². The molecule has 0 bridgehead atoms. The molecule has 1 aliphatic carbocycles. The quantitative estimate of drug-likeness (QED) is 0.456. The number of carbonyl (C=O) groups excluding carboxylic acids is 2. The fourth-order valence-corrected chi connectivity index (χ4v) is 1.84. The molecule has 1 unspecified atom stereocenters. The zero-order valence-corrected chi connectivity index (χ0v) is 8.01. The summed E-state index contributed by atoms with van der Waals surface area (Å²) < 4.78 is 0. The molecule has 0 aromatic rings. The standard InChI is InChI=1S/C10H11NO4/c12-5-6-1-7-2-9(13)10(14)3-8(7)11(15)4-6/h2-3,6,12,15H,1,4-5H2. The Balaban J connectivity index is 2.31. The topological polar surface area (TPSA) is 77.8 Å². The van der Waals surface area contributed by atoms with Crippen LogP contribution in [0.2, 0.25) is 0 Å². The fraction of sp³-hybridized carbons (Fsp3) is 0.400. The number of aliphatic hydroxyl groups excluding tert-OH is 1. The third kappa shape index (κ3) is 1.71. The van der Waals surface area contributed by atoms with Gasteiger partial charge in [-0.25, -0.2) is 0 Å². The Morgan fingerprint density at radius 3 is 2.67 bits per heavy atom. The van der Waals surface area contributed by atoms with Gasteiger partial charge in [-0.2, -0.15) is 0 Å². The van der Waals surface area contributed by atoms with Crippen molar-refractivity contribution in [2.75, 3.05) is 13.2 Å². The lowest BCUT2D eigenvalue weighted by Crippen LogP contribution is -2.36. The zero-order chi connectivity index (χ0) is 11.0. The van der Waals surface area contributed by atoms with Gasteiger partial charge in [0, 0.05) is 18.6 Å². The van der Waals surface area contributed by atoms with Crippen LogP contribution in [0.4, 0.5) is 0 Å². The van der Waals surface area contributed by atoms with Crippen LogP contribution >= 0.6 is 0 Å². The number of nitrogens with zero attached hydrogens (tertiary/aromatic N) is 1. The van der Waals surface area contributed by atoms with Crippen LogP contribution < -0.4 is 0 Å². The fourth-order valence-electron chi connectivity index (χ4n) is 1.84. The third-order valence-electron chi connectivity index (χ3n) is 2.62. The SMILES string of the molecule is O=C1C=C2CC(CO)CN(O)C2=CC1=O. The highest BCUT2D eigenvalue weighted by molar-refractivity contribution is 6.46. The van der Waals surface area contributed by atoms with Crippen LogP contribution in [0.3, 0.4) is 0 Å². The Bertz CT molecular complexity index is 383. The monoisotopic (exact) mass is 209 g/mol. The summed E-state index contributed by atoms with van der Waals surface area (Å²) in [4.78, 5) is 22.2. The van der Waals surface area contributed by atoms with E-state index in [9.17, 15) is 14.8 Å². The molecule has 2 N–H and O–H groups in total. The average molecular weight is 209 g/mol. The van der Waals surface area contributed by atoms with Crippen LogP contribution in [0, 0.1) is 5.92 Å². The van der Waals surface area contributed by atoms with Crippen LogP contribution in [0.15, 0.2) is 23.4 Å². The minimum absolute atomic E-state index is 0.0518. The molecular weight excluding hydrogens is 198 g/mol. The van der Waals surface area contributed by atoms with Gasteiger partial charge in [-0.15, -0.1) is 0 Å². The van der Waals surface area contributed by atoms with Crippen molar-refractivity contribution in [2.24, 2.45) is 5.92 Å². The van der Waals surface area contributed by atoms with Crippen molar-refractivity contribution in [3.63, 3.8) is 0 Å². The van der Waals surface area contributed by atoms with E-state index in [4.69, 9.17) is 5.11 Å². The van der Waals surface area contributed by atoms with Crippen LogP contribution in [0.25, 0.3) is 0 Å². The number of aliphatic hydroxyl groups is 1. The molecule has 0 radical (unpaired) electrons. The molecule has 0 spiro atoms. The van der Waals surface area contributed by atoms with E-state index in [0.29, 0.717) is 17.7 Å². The lowest BCUT2D eigenvalue weighted by atomic mass is 9.88. The predicted octanol–water partition coefficient (Wildman–Crippen LogP) is -0.348. The van der Waals surface area contributed by atoms with Gasteiger partial charge >= 0.3 is 0 Å². The van der Waals surface area contributed by atoms with Gasteiger partial charge in [-0.1, -0.05) is 0 Å². The van der Waals surface area contributed by atoms with Crippen LogP contribution in [-0.2, 0) is 9.59 Å². The minimum atomic E-state index is -0.616. The maximum Gasteiger partial charge on any atom is 0.227 e. The van der Waals surface area contributed by atoms with E-state index in [1.54, 1.807) is 0 Å².